The third-order valence-electron chi connectivity index (χ3n) is 6.39. The maximum atomic E-state index is 14.3. The highest BCUT2D eigenvalue weighted by atomic mass is 31.1. The van der Waals surface area contributed by atoms with Crippen molar-refractivity contribution in [2.45, 2.75) is 0 Å². The first-order chi connectivity index (χ1) is 18.0. The van der Waals surface area contributed by atoms with E-state index in [0.29, 0.717) is 23.0 Å². The second-order valence-electron chi connectivity index (χ2n) is 8.39. The maximum Gasteiger partial charge on any atom is 0.129 e. The summed E-state index contributed by atoms with van der Waals surface area (Å²) in [5.74, 6) is 1.48. The summed E-state index contributed by atoms with van der Waals surface area (Å²) in [6.07, 6.45) is 0. The number of ether oxygens (including phenoxy) is 4. The van der Waals surface area contributed by atoms with Crippen LogP contribution in [0.2, 0.25) is 0 Å². The van der Waals surface area contributed by atoms with E-state index >= 15 is 0 Å². The predicted octanol–water partition coefficient (Wildman–Crippen LogP) is 6.90. The van der Waals surface area contributed by atoms with Crippen LogP contribution in [0.25, 0.3) is 22.0 Å². The zero-order valence-corrected chi connectivity index (χ0v) is 21.8. The third kappa shape index (κ3) is 4.54. The van der Waals surface area contributed by atoms with Gasteiger partial charge in [0.15, 0.2) is 0 Å². The average Bonchev–Trinajstić information content (AvgIpc) is 3.24. The molecule has 1 aliphatic carbocycles. The minimum Gasteiger partial charge on any atom is -0.497 e. The first kappa shape index (κ1) is 24.8. The fourth-order valence-corrected chi connectivity index (χ4v) is 6.11. The van der Waals surface area contributed by atoms with Crippen molar-refractivity contribution in [3.8, 4) is 34.1 Å². The molecule has 7 heteroatoms. The van der Waals surface area contributed by atoms with E-state index in [0.717, 1.165) is 44.0 Å². The normalized spacial score (nSPS) is 11.9. The van der Waals surface area contributed by atoms with Gasteiger partial charge in [-0.25, -0.2) is 8.78 Å². The van der Waals surface area contributed by atoms with E-state index in [4.69, 9.17) is 18.9 Å². The average molecular weight is 518 g/mol. The highest BCUT2D eigenvalue weighted by molar-refractivity contribution is 7.59. The Morgan fingerprint density at radius 1 is 0.568 bits per heavy atom. The molecular weight excluding hydrogens is 493 g/mol. The zero-order valence-electron chi connectivity index (χ0n) is 20.8. The monoisotopic (exact) mass is 518 g/mol. The number of methoxy groups -OCH3 is 4. The van der Waals surface area contributed by atoms with Gasteiger partial charge in [0.1, 0.15) is 34.6 Å². The molecule has 0 saturated carbocycles. The topological polar surface area (TPSA) is 36.9 Å². The molecule has 0 bridgehead atoms. The van der Waals surface area contributed by atoms with E-state index in [2.05, 4.69) is 0 Å². The molecule has 4 aromatic carbocycles. The summed E-state index contributed by atoms with van der Waals surface area (Å²) in [6.45, 7) is 0. The Hall–Kier alpha value is -3.89. The number of rotatable bonds is 7. The van der Waals surface area contributed by atoms with Crippen LogP contribution < -0.4 is 24.3 Å². The molecule has 0 amide bonds. The van der Waals surface area contributed by atoms with E-state index < -0.39 is 5.82 Å². The highest BCUT2D eigenvalue weighted by Crippen LogP contribution is 2.54. The van der Waals surface area contributed by atoms with Gasteiger partial charge in [-0.1, -0.05) is 20.7 Å². The van der Waals surface area contributed by atoms with Crippen LogP contribution in [-0.2, 0) is 0 Å². The fraction of sp³-hybridized carbons (Fsp3) is 0.133. The molecule has 1 atom stereocenters. The third-order valence-corrected chi connectivity index (χ3v) is 7.84. The van der Waals surface area contributed by atoms with Crippen LogP contribution >= 0.6 is 8.58 Å². The molecule has 0 fully saturated rings. The lowest BCUT2D eigenvalue weighted by atomic mass is 9.99. The maximum absolute atomic E-state index is 14.3. The number of halogens is 2. The Balaban J connectivity index is 1.88. The van der Waals surface area contributed by atoms with Crippen molar-refractivity contribution >= 4 is 24.8 Å². The summed E-state index contributed by atoms with van der Waals surface area (Å²) in [5.41, 5.74) is 5.70. The van der Waals surface area contributed by atoms with Crippen LogP contribution in [-0.4, -0.2) is 28.4 Å². The summed E-state index contributed by atoms with van der Waals surface area (Å²) in [4.78, 5) is 0. The minimum atomic E-state index is -0.400. The van der Waals surface area contributed by atoms with Gasteiger partial charge in [-0.05, 0) is 81.7 Å². The van der Waals surface area contributed by atoms with Gasteiger partial charge < -0.3 is 18.9 Å². The molecule has 4 aromatic rings. The van der Waals surface area contributed by atoms with Gasteiger partial charge in [0.2, 0.25) is 0 Å². The number of fused-ring (bicyclic) bond motifs is 3. The Morgan fingerprint density at radius 2 is 1.11 bits per heavy atom. The molecule has 0 aliphatic heterocycles. The van der Waals surface area contributed by atoms with Crippen LogP contribution in [0.4, 0.5) is 8.78 Å². The Labute approximate surface area is 216 Å². The van der Waals surface area contributed by atoms with Gasteiger partial charge in [0, 0.05) is 23.0 Å². The van der Waals surface area contributed by atoms with E-state index in [9.17, 15) is 8.78 Å². The van der Waals surface area contributed by atoms with E-state index in [-0.39, 0.29) is 14.4 Å². The van der Waals surface area contributed by atoms with Gasteiger partial charge in [-0.2, -0.15) is 0 Å². The molecule has 5 rings (SSSR count). The molecule has 0 aromatic heterocycles. The molecule has 0 N–H and O–H groups in total. The van der Waals surface area contributed by atoms with Gasteiger partial charge in [0.25, 0.3) is 0 Å². The second-order valence-corrected chi connectivity index (χ2v) is 9.68. The summed E-state index contributed by atoms with van der Waals surface area (Å²) in [6, 6.07) is 20.9. The van der Waals surface area contributed by atoms with E-state index in [1.165, 1.54) is 38.5 Å². The van der Waals surface area contributed by atoms with Crippen molar-refractivity contribution in [3.63, 3.8) is 0 Å². The largest absolute Gasteiger partial charge is 0.497 e. The molecule has 1 aliphatic rings. The predicted molar refractivity (Wildman–Crippen MR) is 145 cm³/mol. The summed E-state index contributed by atoms with van der Waals surface area (Å²) in [5, 5.41) is 1.70. The number of benzene rings is 4. The molecular formula is C30H25F2O4P. The summed E-state index contributed by atoms with van der Waals surface area (Å²) >= 11 is 0. The minimum absolute atomic E-state index is 0.0281. The lowest BCUT2D eigenvalue weighted by Gasteiger charge is -2.19. The van der Waals surface area contributed by atoms with Crippen LogP contribution in [0.5, 0.6) is 23.0 Å². The zero-order chi connectivity index (χ0) is 26.1. The second kappa shape index (κ2) is 10.2. The van der Waals surface area contributed by atoms with Crippen LogP contribution in [0.3, 0.4) is 0 Å². The van der Waals surface area contributed by atoms with Crippen molar-refractivity contribution in [3.05, 3.63) is 101 Å². The molecule has 0 heterocycles. The standard InChI is InChI=1S/C30H25F2O4P/c1-33-19-7-10-21-22-11-8-20(34-2)16-25(22)29(24(21)15-19)30(23-9-5-17(31)13-26(23)35-3)37-28-12-6-18(32)14-27(28)36-4/h5-16,37H,1-4H3. The first-order valence-corrected chi connectivity index (χ1v) is 12.5. The Morgan fingerprint density at radius 3 is 1.65 bits per heavy atom. The lowest BCUT2D eigenvalue weighted by Crippen LogP contribution is -2.04. The molecule has 1 unspecified atom stereocenters. The van der Waals surface area contributed by atoms with E-state index in [1.807, 2.05) is 36.4 Å². The fourth-order valence-electron chi connectivity index (χ4n) is 4.64. The van der Waals surface area contributed by atoms with Crippen molar-refractivity contribution in [1.29, 1.82) is 0 Å². The van der Waals surface area contributed by atoms with Crippen LogP contribution in [0, 0.1) is 11.6 Å². The van der Waals surface area contributed by atoms with E-state index in [1.54, 1.807) is 26.4 Å². The van der Waals surface area contributed by atoms with Crippen molar-refractivity contribution < 1.29 is 27.7 Å². The summed E-state index contributed by atoms with van der Waals surface area (Å²) < 4.78 is 50.6. The van der Waals surface area contributed by atoms with Gasteiger partial charge in [-0.3, -0.25) is 0 Å². The molecule has 0 spiro atoms. The van der Waals surface area contributed by atoms with Crippen LogP contribution in [0.15, 0.2) is 72.8 Å². The molecule has 4 nitrogen and oxygen atoms in total. The molecule has 0 radical (unpaired) electrons. The first-order valence-electron chi connectivity index (χ1n) is 11.5. The number of hydrogen-bond acceptors (Lipinski definition) is 4. The Kier molecular flexibility index (Phi) is 6.86. The highest BCUT2D eigenvalue weighted by Gasteiger charge is 2.29. The molecule has 188 valence electrons. The van der Waals surface area contributed by atoms with Crippen LogP contribution in [0.1, 0.15) is 16.7 Å². The van der Waals surface area contributed by atoms with Gasteiger partial charge in [-0.15, -0.1) is 0 Å². The van der Waals surface area contributed by atoms with Gasteiger partial charge in [0.05, 0.1) is 28.4 Å². The molecule has 37 heavy (non-hydrogen) atoms. The SMILES string of the molecule is COc1ccc2c(c1)C(=C(Pc1ccc(F)cc1OC)c1ccc(F)cc1OC)c1cc(OC)ccc1-2. The smallest absolute Gasteiger partial charge is 0.129 e. The lowest BCUT2D eigenvalue weighted by molar-refractivity contribution is 0.410. The quantitative estimate of drug-likeness (QED) is 0.220. The van der Waals surface area contributed by atoms with Crippen molar-refractivity contribution in [2.24, 2.45) is 0 Å². The number of hydrogen-bond donors (Lipinski definition) is 0. The summed E-state index contributed by atoms with van der Waals surface area (Å²) in [7, 11) is 6.32. The van der Waals surface area contributed by atoms with Crippen molar-refractivity contribution in [2.75, 3.05) is 28.4 Å². The molecule has 0 saturated heterocycles. The van der Waals surface area contributed by atoms with Gasteiger partial charge >= 0.3 is 0 Å². The van der Waals surface area contributed by atoms with Crippen molar-refractivity contribution in [1.82, 2.24) is 0 Å². The Bertz CT molecular complexity index is 1480.